The van der Waals surface area contributed by atoms with Crippen molar-refractivity contribution in [2.24, 2.45) is 0 Å². The number of hydroxylamine groups is 1. The third-order valence-electron chi connectivity index (χ3n) is 2.65. The lowest BCUT2D eigenvalue weighted by Crippen LogP contribution is -2.21. The van der Waals surface area contributed by atoms with Crippen molar-refractivity contribution in [3.05, 3.63) is 35.9 Å². The van der Waals surface area contributed by atoms with Gasteiger partial charge >= 0.3 is 15.2 Å². The van der Waals surface area contributed by atoms with E-state index in [9.17, 15) is 8.42 Å². The summed E-state index contributed by atoms with van der Waals surface area (Å²) in [6, 6.07) is 9.33. The van der Waals surface area contributed by atoms with E-state index in [2.05, 4.69) is 0 Å². The maximum absolute atomic E-state index is 11.2. The number of hydrogen-bond donors (Lipinski definition) is 1. The molecule has 6 heteroatoms. The normalized spacial score (nSPS) is 20.5. The molecule has 0 aliphatic carbocycles. The molecule has 0 amide bonds. The van der Waals surface area contributed by atoms with E-state index < -0.39 is 10.1 Å². The standard InChI is InChI=1S/C11H13NO4S/c1-2-12-11(17(13,14)15)8-10(16-12)9-6-4-3-5-7-9/h3-7,10H,2,8H2,1H3/p+1. The summed E-state index contributed by atoms with van der Waals surface area (Å²) in [4.78, 5) is 5.49. The Balaban J connectivity index is 2.28. The third-order valence-corrected chi connectivity index (χ3v) is 3.61. The predicted molar refractivity (Wildman–Crippen MR) is 62.2 cm³/mol. The molecule has 1 aliphatic heterocycles. The first-order chi connectivity index (χ1) is 8.02. The van der Waals surface area contributed by atoms with Crippen LogP contribution in [0, 0.1) is 0 Å². The van der Waals surface area contributed by atoms with Gasteiger partial charge < -0.3 is 0 Å². The van der Waals surface area contributed by atoms with E-state index in [0.29, 0.717) is 6.54 Å². The highest BCUT2D eigenvalue weighted by molar-refractivity contribution is 8.01. The summed E-state index contributed by atoms with van der Waals surface area (Å²) in [6.45, 7) is 2.14. The lowest BCUT2D eigenvalue weighted by molar-refractivity contribution is -0.785. The molecule has 0 saturated heterocycles. The van der Waals surface area contributed by atoms with Crippen molar-refractivity contribution < 1.29 is 22.5 Å². The molecule has 1 atom stereocenters. The van der Waals surface area contributed by atoms with Crippen LogP contribution in [0.4, 0.5) is 0 Å². The van der Waals surface area contributed by atoms with Crippen molar-refractivity contribution in [1.29, 1.82) is 0 Å². The predicted octanol–water partition coefficient (Wildman–Crippen LogP) is 1.38. The Bertz CT molecular complexity index is 536. The van der Waals surface area contributed by atoms with Crippen LogP contribution in [-0.2, 0) is 15.0 Å². The highest BCUT2D eigenvalue weighted by Gasteiger charge is 2.41. The minimum absolute atomic E-state index is 0.0751. The van der Waals surface area contributed by atoms with Gasteiger partial charge in [-0.3, -0.25) is 9.39 Å². The topological polar surface area (TPSA) is 66.6 Å². The molecule has 1 aromatic carbocycles. The van der Waals surface area contributed by atoms with Crippen LogP contribution in [0.15, 0.2) is 30.3 Å². The largest absolute Gasteiger partial charge is 0.355 e. The first-order valence-electron chi connectivity index (χ1n) is 5.35. The molecule has 1 N–H and O–H groups in total. The van der Waals surface area contributed by atoms with Crippen LogP contribution >= 0.6 is 0 Å². The van der Waals surface area contributed by atoms with Gasteiger partial charge in [-0.25, -0.2) is 0 Å². The van der Waals surface area contributed by atoms with Gasteiger partial charge in [-0.2, -0.15) is 8.42 Å². The Hall–Kier alpha value is -1.40. The van der Waals surface area contributed by atoms with Gasteiger partial charge in [0.2, 0.25) is 6.10 Å². The Kier molecular flexibility index (Phi) is 3.17. The van der Waals surface area contributed by atoms with Gasteiger partial charge in [-0.1, -0.05) is 30.3 Å². The number of rotatable bonds is 2. The number of nitrogens with zero attached hydrogens (tertiary/aromatic N) is 1. The van der Waals surface area contributed by atoms with E-state index in [1.165, 1.54) is 4.74 Å². The van der Waals surface area contributed by atoms with Crippen molar-refractivity contribution in [1.82, 2.24) is 0 Å². The van der Waals surface area contributed by atoms with Crippen molar-refractivity contribution in [2.45, 2.75) is 19.4 Å². The highest BCUT2D eigenvalue weighted by Crippen LogP contribution is 2.27. The summed E-state index contributed by atoms with van der Waals surface area (Å²) in [6.07, 6.45) is -0.190. The second kappa shape index (κ2) is 4.46. The van der Waals surface area contributed by atoms with Crippen molar-refractivity contribution in [2.75, 3.05) is 6.54 Å². The minimum Gasteiger partial charge on any atom is -0.277 e. The molecular weight excluding hydrogens is 242 g/mol. The summed E-state index contributed by atoms with van der Waals surface area (Å²) in [5.74, 6) is 0. The average Bonchev–Trinajstić information content (AvgIpc) is 2.74. The fourth-order valence-electron chi connectivity index (χ4n) is 1.84. The molecular formula is C11H14NO4S+. The molecule has 1 unspecified atom stereocenters. The first kappa shape index (κ1) is 12.1. The van der Waals surface area contributed by atoms with Gasteiger partial charge in [0, 0.05) is 5.56 Å². The fourth-order valence-corrected chi connectivity index (χ4v) is 2.63. The van der Waals surface area contributed by atoms with Crippen LogP contribution in [0.2, 0.25) is 0 Å². The Morgan fingerprint density at radius 3 is 2.53 bits per heavy atom. The summed E-state index contributed by atoms with van der Waals surface area (Å²) >= 11 is 0. The molecule has 0 fully saturated rings. The monoisotopic (exact) mass is 256 g/mol. The molecule has 92 valence electrons. The van der Waals surface area contributed by atoms with Gasteiger partial charge in [0.25, 0.3) is 0 Å². The fraction of sp³-hybridized carbons (Fsp3) is 0.364. The highest BCUT2D eigenvalue weighted by atomic mass is 32.2. The smallest absolute Gasteiger partial charge is 0.277 e. The molecule has 17 heavy (non-hydrogen) atoms. The van der Waals surface area contributed by atoms with Gasteiger partial charge in [0.15, 0.2) is 6.54 Å². The van der Waals surface area contributed by atoms with E-state index in [0.717, 1.165) is 5.56 Å². The molecule has 1 heterocycles. The average molecular weight is 256 g/mol. The second-order valence-corrected chi connectivity index (χ2v) is 5.19. The van der Waals surface area contributed by atoms with Crippen LogP contribution in [0.25, 0.3) is 0 Å². The summed E-state index contributed by atoms with van der Waals surface area (Å²) < 4.78 is 32.7. The Morgan fingerprint density at radius 2 is 2.06 bits per heavy atom. The second-order valence-electron chi connectivity index (χ2n) is 3.77. The van der Waals surface area contributed by atoms with E-state index in [1.54, 1.807) is 6.92 Å². The lowest BCUT2D eigenvalue weighted by atomic mass is 10.1. The van der Waals surface area contributed by atoms with Crippen LogP contribution in [-0.4, -0.2) is 29.3 Å². The van der Waals surface area contributed by atoms with Crippen LogP contribution in [0.3, 0.4) is 0 Å². The van der Waals surface area contributed by atoms with Crippen LogP contribution < -0.4 is 0 Å². The molecule has 1 aliphatic rings. The van der Waals surface area contributed by atoms with Crippen molar-refractivity contribution in [3.8, 4) is 0 Å². The Morgan fingerprint density at radius 1 is 1.41 bits per heavy atom. The first-order valence-corrected chi connectivity index (χ1v) is 6.79. The van der Waals surface area contributed by atoms with Gasteiger partial charge in [0.1, 0.15) is 0 Å². The molecule has 0 radical (unpaired) electrons. The van der Waals surface area contributed by atoms with Crippen molar-refractivity contribution in [3.63, 3.8) is 0 Å². The SMILES string of the molecule is CC[N+]1=C(S(=O)(=O)O)CC(c2ccccc2)O1. The maximum atomic E-state index is 11.2. The zero-order valence-corrected chi connectivity index (χ0v) is 10.2. The molecule has 0 spiro atoms. The molecule has 1 aromatic rings. The molecule has 0 aromatic heterocycles. The van der Waals surface area contributed by atoms with Crippen LogP contribution in [0.5, 0.6) is 0 Å². The molecule has 5 nitrogen and oxygen atoms in total. The minimum atomic E-state index is -4.19. The molecule has 0 saturated carbocycles. The molecule has 2 rings (SSSR count). The van der Waals surface area contributed by atoms with E-state index in [-0.39, 0.29) is 17.6 Å². The van der Waals surface area contributed by atoms with Gasteiger partial charge in [0.05, 0.1) is 6.42 Å². The van der Waals surface area contributed by atoms with Crippen LogP contribution in [0.1, 0.15) is 25.0 Å². The summed E-state index contributed by atoms with van der Waals surface area (Å²) in [5.41, 5.74) is 0.893. The summed E-state index contributed by atoms with van der Waals surface area (Å²) in [5, 5.41) is -0.0751. The van der Waals surface area contributed by atoms with Gasteiger partial charge in [-0.15, -0.1) is 0 Å². The maximum Gasteiger partial charge on any atom is 0.355 e. The van der Waals surface area contributed by atoms with E-state index in [1.807, 2.05) is 30.3 Å². The van der Waals surface area contributed by atoms with E-state index in [4.69, 9.17) is 9.39 Å². The zero-order chi connectivity index (χ0) is 12.5. The quantitative estimate of drug-likeness (QED) is 0.641. The Labute approximate surface area is 100 Å². The van der Waals surface area contributed by atoms with E-state index >= 15 is 0 Å². The summed E-state index contributed by atoms with van der Waals surface area (Å²) in [7, 11) is -4.19. The zero-order valence-electron chi connectivity index (χ0n) is 9.41. The lowest BCUT2D eigenvalue weighted by Gasteiger charge is -2.04. The van der Waals surface area contributed by atoms with Gasteiger partial charge in [-0.05, 0) is 11.7 Å². The molecule has 0 bridgehead atoms. The third kappa shape index (κ3) is 2.48. The van der Waals surface area contributed by atoms with Crippen molar-refractivity contribution >= 4 is 15.2 Å². The number of hydrogen-bond acceptors (Lipinski definition) is 3. The number of benzene rings is 1.